The zero-order chi connectivity index (χ0) is 13.2. The molecule has 0 amide bonds. The minimum atomic E-state index is 0.0103. The van der Waals surface area contributed by atoms with Gasteiger partial charge in [0, 0.05) is 5.41 Å². The van der Waals surface area contributed by atoms with E-state index in [0.717, 1.165) is 11.3 Å². The van der Waals surface area contributed by atoms with Crippen LogP contribution in [0.2, 0.25) is 0 Å². The second kappa shape index (κ2) is 4.61. The molecule has 4 nitrogen and oxygen atoms in total. The van der Waals surface area contributed by atoms with E-state index in [2.05, 4.69) is 37.2 Å². The first-order valence-corrected chi connectivity index (χ1v) is 5.89. The lowest BCUT2D eigenvalue weighted by molar-refractivity contribution is 0.501. The number of nitriles is 1. The van der Waals surface area contributed by atoms with Gasteiger partial charge in [-0.2, -0.15) is 5.26 Å². The van der Waals surface area contributed by atoms with E-state index in [1.165, 1.54) is 0 Å². The summed E-state index contributed by atoms with van der Waals surface area (Å²) in [6.07, 6.45) is 1.80. The normalized spacial score (nSPS) is 11.2. The van der Waals surface area contributed by atoms with Crippen molar-refractivity contribution in [3.63, 3.8) is 0 Å². The Balaban J connectivity index is 2.30. The third-order valence-electron chi connectivity index (χ3n) is 2.77. The highest BCUT2D eigenvalue weighted by atomic mass is 15.4. The van der Waals surface area contributed by atoms with Crippen LogP contribution in [0.25, 0.3) is 0 Å². The molecular weight excluding hydrogens is 224 g/mol. The summed E-state index contributed by atoms with van der Waals surface area (Å²) in [5.41, 5.74) is 2.83. The van der Waals surface area contributed by atoms with Gasteiger partial charge in [-0.25, -0.2) is 4.68 Å². The third-order valence-corrected chi connectivity index (χ3v) is 2.77. The SMILES string of the molecule is CC(C)(C)c1cnnn1Cc1cccc(C#N)c1. The van der Waals surface area contributed by atoms with E-state index in [1.807, 2.05) is 22.9 Å². The molecule has 4 heteroatoms. The number of nitrogens with zero attached hydrogens (tertiary/aromatic N) is 4. The Labute approximate surface area is 107 Å². The molecule has 92 valence electrons. The fourth-order valence-corrected chi connectivity index (χ4v) is 1.87. The number of hydrogen-bond acceptors (Lipinski definition) is 3. The fourth-order valence-electron chi connectivity index (χ4n) is 1.87. The first kappa shape index (κ1) is 12.3. The van der Waals surface area contributed by atoms with Crippen LogP contribution < -0.4 is 0 Å². The van der Waals surface area contributed by atoms with Crippen molar-refractivity contribution in [2.45, 2.75) is 32.7 Å². The van der Waals surface area contributed by atoms with Crippen LogP contribution in [0.3, 0.4) is 0 Å². The summed E-state index contributed by atoms with van der Waals surface area (Å²) < 4.78 is 1.89. The Morgan fingerprint density at radius 3 is 2.78 bits per heavy atom. The topological polar surface area (TPSA) is 54.5 Å². The zero-order valence-electron chi connectivity index (χ0n) is 10.9. The molecule has 1 heterocycles. The Morgan fingerprint density at radius 2 is 2.11 bits per heavy atom. The molecule has 2 rings (SSSR count). The Bertz CT molecular complexity index is 584. The average molecular weight is 240 g/mol. The van der Waals surface area contributed by atoms with E-state index in [1.54, 1.807) is 12.3 Å². The van der Waals surface area contributed by atoms with Gasteiger partial charge in [-0.15, -0.1) is 5.10 Å². The van der Waals surface area contributed by atoms with Crippen molar-refractivity contribution in [2.75, 3.05) is 0 Å². The van der Waals surface area contributed by atoms with E-state index >= 15 is 0 Å². The molecule has 18 heavy (non-hydrogen) atoms. The summed E-state index contributed by atoms with van der Waals surface area (Å²) >= 11 is 0. The van der Waals surface area contributed by atoms with Crippen molar-refractivity contribution in [3.05, 3.63) is 47.3 Å². The summed E-state index contributed by atoms with van der Waals surface area (Å²) in [5.74, 6) is 0. The Morgan fingerprint density at radius 1 is 1.33 bits per heavy atom. The highest BCUT2D eigenvalue weighted by Gasteiger charge is 2.19. The molecule has 0 saturated heterocycles. The molecule has 0 unspecified atom stereocenters. The predicted octanol–water partition coefficient (Wildman–Crippen LogP) is 2.50. The van der Waals surface area contributed by atoms with Gasteiger partial charge in [0.25, 0.3) is 0 Å². The van der Waals surface area contributed by atoms with E-state index in [9.17, 15) is 0 Å². The smallest absolute Gasteiger partial charge is 0.0991 e. The van der Waals surface area contributed by atoms with Gasteiger partial charge in [0.05, 0.1) is 30.1 Å². The minimum absolute atomic E-state index is 0.0103. The summed E-state index contributed by atoms with van der Waals surface area (Å²) in [6.45, 7) is 7.04. The molecule has 0 saturated carbocycles. The molecule has 0 bridgehead atoms. The van der Waals surface area contributed by atoms with Gasteiger partial charge in [-0.3, -0.25) is 0 Å². The summed E-state index contributed by atoms with van der Waals surface area (Å²) in [7, 11) is 0. The molecular formula is C14H16N4. The lowest BCUT2D eigenvalue weighted by Gasteiger charge is -2.19. The summed E-state index contributed by atoms with van der Waals surface area (Å²) in [5, 5.41) is 17.0. The van der Waals surface area contributed by atoms with Gasteiger partial charge >= 0.3 is 0 Å². The zero-order valence-corrected chi connectivity index (χ0v) is 10.9. The van der Waals surface area contributed by atoms with E-state index in [0.29, 0.717) is 12.1 Å². The van der Waals surface area contributed by atoms with Gasteiger partial charge in [0.15, 0.2) is 0 Å². The van der Waals surface area contributed by atoms with Crippen LogP contribution in [0, 0.1) is 11.3 Å². The van der Waals surface area contributed by atoms with Gasteiger partial charge in [0.2, 0.25) is 0 Å². The minimum Gasteiger partial charge on any atom is -0.244 e. The van der Waals surface area contributed by atoms with Crippen molar-refractivity contribution in [2.24, 2.45) is 0 Å². The molecule has 0 aliphatic heterocycles. The molecule has 1 aromatic heterocycles. The van der Waals surface area contributed by atoms with Gasteiger partial charge in [-0.05, 0) is 17.7 Å². The van der Waals surface area contributed by atoms with E-state index < -0.39 is 0 Å². The first-order chi connectivity index (χ1) is 8.50. The molecule has 0 fully saturated rings. The second-order valence-electron chi connectivity index (χ2n) is 5.34. The number of hydrogen-bond donors (Lipinski definition) is 0. The molecule has 1 aromatic carbocycles. The van der Waals surface area contributed by atoms with Crippen molar-refractivity contribution in [3.8, 4) is 6.07 Å². The molecule has 0 atom stereocenters. The predicted molar refractivity (Wildman–Crippen MR) is 69.0 cm³/mol. The van der Waals surface area contributed by atoms with Crippen molar-refractivity contribution in [1.82, 2.24) is 15.0 Å². The maximum atomic E-state index is 8.89. The quantitative estimate of drug-likeness (QED) is 0.810. The standard InChI is InChI=1S/C14H16N4/c1-14(2,3)13-9-16-17-18(13)10-12-6-4-5-11(7-12)8-15/h4-7,9H,10H2,1-3H3. The van der Waals surface area contributed by atoms with Gasteiger partial charge < -0.3 is 0 Å². The lowest BCUT2D eigenvalue weighted by Crippen LogP contribution is -2.19. The lowest BCUT2D eigenvalue weighted by atomic mass is 9.92. The van der Waals surface area contributed by atoms with E-state index in [-0.39, 0.29) is 5.41 Å². The summed E-state index contributed by atoms with van der Waals surface area (Å²) in [4.78, 5) is 0. The Kier molecular flexibility index (Phi) is 3.15. The van der Waals surface area contributed by atoms with Crippen LogP contribution in [-0.4, -0.2) is 15.0 Å². The van der Waals surface area contributed by atoms with Crippen molar-refractivity contribution >= 4 is 0 Å². The van der Waals surface area contributed by atoms with Crippen LogP contribution in [-0.2, 0) is 12.0 Å². The fraction of sp³-hybridized carbons (Fsp3) is 0.357. The third kappa shape index (κ3) is 2.57. The number of aromatic nitrogens is 3. The second-order valence-corrected chi connectivity index (χ2v) is 5.34. The van der Waals surface area contributed by atoms with Crippen LogP contribution in [0.1, 0.15) is 37.6 Å². The maximum absolute atomic E-state index is 8.89. The summed E-state index contributed by atoms with van der Waals surface area (Å²) in [6, 6.07) is 9.72. The molecule has 0 spiro atoms. The largest absolute Gasteiger partial charge is 0.244 e. The molecule has 0 N–H and O–H groups in total. The van der Waals surface area contributed by atoms with Crippen LogP contribution in [0.4, 0.5) is 0 Å². The van der Waals surface area contributed by atoms with Gasteiger partial charge in [0.1, 0.15) is 0 Å². The monoisotopic (exact) mass is 240 g/mol. The first-order valence-electron chi connectivity index (χ1n) is 5.89. The Hall–Kier alpha value is -2.15. The van der Waals surface area contributed by atoms with Crippen molar-refractivity contribution < 1.29 is 0 Å². The highest BCUT2D eigenvalue weighted by Crippen LogP contribution is 2.21. The van der Waals surface area contributed by atoms with Crippen LogP contribution in [0.5, 0.6) is 0 Å². The number of rotatable bonds is 2. The molecule has 0 radical (unpaired) electrons. The molecule has 0 aliphatic carbocycles. The van der Waals surface area contributed by atoms with Crippen molar-refractivity contribution in [1.29, 1.82) is 5.26 Å². The molecule has 2 aromatic rings. The average Bonchev–Trinajstić information content (AvgIpc) is 2.77. The van der Waals surface area contributed by atoms with Gasteiger partial charge in [-0.1, -0.05) is 38.1 Å². The van der Waals surface area contributed by atoms with Crippen LogP contribution in [0.15, 0.2) is 30.5 Å². The molecule has 0 aliphatic rings. The maximum Gasteiger partial charge on any atom is 0.0991 e. The highest BCUT2D eigenvalue weighted by molar-refractivity contribution is 5.33. The van der Waals surface area contributed by atoms with Crippen LogP contribution >= 0.6 is 0 Å². The van der Waals surface area contributed by atoms with E-state index in [4.69, 9.17) is 5.26 Å². The number of benzene rings is 1.